The van der Waals surface area contributed by atoms with Gasteiger partial charge in [0.25, 0.3) is 11.5 Å². The third-order valence-electron chi connectivity index (χ3n) is 3.19. The van der Waals surface area contributed by atoms with E-state index in [1.165, 1.54) is 10.9 Å². The maximum Gasteiger partial charge on any atom is 0.274 e. The van der Waals surface area contributed by atoms with Crippen LogP contribution < -0.4 is 16.2 Å². The first kappa shape index (κ1) is 15.7. The van der Waals surface area contributed by atoms with E-state index in [0.29, 0.717) is 30.3 Å². The van der Waals surface area contributed by atoms with E-state index in [0.717, 1.165) is 5.56 Å². The topological polar surface area (TPSA) is 88.9 Å². The molecule has 0 spiro atoms. The monoisotopic (exact) mass is 301 g/mol. The van der Waals surface area contributed by atoms with Crippen LogP contribution in [0.3, 0.4) is 0 Å². The molecular formula is C15H19N5O2. The molecule has 7 heteroatoms. The summed E-state index contributed by atoms with van der Waals surface area (Å²) in [5.74, 6) is 0.285. The third-order valence-corrected chi connectivity index (χ3v) is 3.19. The number of rotatable bonds is 5. The Morgan fingerprint density at radius 2 is 2.14 bits per heavy atom. The summed E-state index contributed by atoms with van der Waals surface area (Å²) in [6.45, 7) is 6.40. The van der Waals surface area contributed by atoms with Gasteiger partial charge in [0.1, 0.15) is 23.5 Å². The maximum atomic E-state index is 12.6. The predicted molar refractivity (Wildman–Crippen MR) is 84.4 cm³/mol. The lowest BCUT2D eigenvalue weighted by Gasteiger charge is -2.16. The van der Waals surface area contributed by atoms with Gasteiger partial charge in [-0.25, -0.2) is 9.97 Å². The molecular weight excluding hydrogens is 282 g/mol. The van der Waals surface area contributed by atoms with E-state index in [4.69, 9.17) is 0 Å². The molecule has 0 saturated carbocycles. The van der Waals surface area contributed by atoms with E-state index < -0.39 is 0 Å². The van der Waals surface area contributed by atoms with Crippen molar-refractivity contribution < 1.29 is 4.79 Å². The molecule has 2 aromatic heterocycles. The standard InChI is InChI=1S/C15H19N5O2/c1-4-17-14(21)13-10(3)8-11(15(22)20(13)5-2)19-12-6-7-16-9-18-12/h6-9H,4-5H2,1-3H3,(H,17,21)(H,16,18,19). The van der Waals surface area contributed by atoms with Gasteiger partial charge < -0.3 is 15.2 Å². The summed E-state index contributed by atoms with van der Waals surface area (Å²) in [6, 6.07) is 3.34. The zero-order valence-corrected chi connectivity index (χ0v) is 12.9. The van der Waals surface area contributed by atoms with Crippen LogP contribution in [0.1, 0.15) is 29.9 Å². The van der Waals surface area contributed by atoms with Crippen molar-refractivity contribution in [3.8, 4) is 0 Å². The fraction of sp³-hybridized carbons (Fsp3) is 0.333. The number of amides is 1. The van der Waals surface area contributed by atoms with Gasteiger partial charge in [-0.1, -0.05) is 0 Å². The molecule has 2 aromatic rings. The van der Waals surface area contributed by atoms with Crippen LogP contribution in [0, 0.1) is 6.92 Å². The highest BCUT2D eigenvalue weighted by Gasteiger charge is 2.17. The predicted octanol–water partition coefficient (Wildman–Crippen LogP) is 1.46. The number of carbonyl (C=O) groups is 1. The molecule has 7 nitrogen and oxygen atoms in total. The van der Waals surface area contributed by atoms with Crippen molar-refractivity contribution >= 4 is 17.4 Å². The third kappa shape index (κ3) is 3.13. The number of nitrogens with zero attached hydrogens (tertiary/aromatic N) is 3. The molecule has 0 atom stereocenters. The van der Waals surface area contributed by atoms with Crippen molar-refractivity contribution in [2.24, 2.45) is 0 Å². The molecule has 0 radical (unpaired) electrons. The second kappa shape index (κ2) is 6.84. The van der Waals surface area contributed by atoms with Crippen LogP contribution in [-0.4, -0.2) is 27.0 Å². The molecule has 0 fully saturated rings. The quantitative estimate of drug-likeness (QED) is 0.872. The fourth-order valence-corrected chi connectivity index (χ4v) is 2.25. The van der Waals surface area contributed by atoms with Gasteiger partial charge in [-0.05, 0) is 38.5 Å². The number of hydrogen-bond acceptors (Lipinski definition) is 5. The lowest BCUT2D eigenvalue weighted by Crippen LogP contribution is -2.33. The molecule has 2 N–H and O–H groups in total. The van der Waals surface area contributed by atoms with Crippen molar-refractivity contribution in [1.82, 2.24) is 19.9 Å². The van der Waals surface area contributed by atoms with Gasteiger partial charge >= 0.3 is 0 Å². The minimum Gasteiger partial charge on any atom is -0.351 e. The summed E-state index contributed by atoms with van der Waals surface area (Å²) in [4.78, 5) is 32.6. The van der Waals surface area contributed by atoms with E-state index in [1.54, 1.807) is 25.3 Å². The number of nitrogens with one attached hydrogen (secondary N) is 2. The van der Waals surface area contributed by atoms with Crippen molar-refractivity contribution in [2.75, 3.05) is 11.9 Å². The van der Waals surface area contributed by atoms with Crippen LogP contribution in [0.15, 0.2) is 29.5 Å². The Kier molecular flexibility index (Phi) is 4.88. The van der Waals surface area contributed by atoms with Gasteiger partial charge in [0.05, 0.1) is 0 Å². The summed E-state index contributed by atoms with van der Waals surface area (Å²) >= 11 is 0. The van der Waals surface area contributed by atoms with Crippen molar-refractivity contribution in [1.29, 1.82) is 0 Å². The van der Waals surface area contributed by atoms with Gasteiger partial charge in [0.15, 0.2) is 0 Å². The Hall–Kier alpha value is -2.70. The van der Waals surface area contributed by atoms with Crippen molar-refractivity contribution in [3.05, 3.63) is 46.3 Å². The highest BCUT2D eigenvalue weighted by atomic mass is 16.2. The van der Waals surface area contributed by atoms with Gasteiger partial charge in [0.2, 0.25) is 0 Å². The number of aromatic nitrogens is 3. The van der Waals surface area contributed by atoms with Crippen LogP contribution in [-0.2, 0) is 6.54 Å². The Morgan fingerprint density at radius 3 is 2.73 bits per heavy atom. The normalized spacial score (nSPS) is 10.3. The van der Waals surface area contributed by atoms with Crippen LogP contribution >= 0.6 is 0 Å². The van der Waals surface area contributed by atoms with Gasteiger partial charge in [-0.3, -0.25) is 9.59 Å². The van der Waals surface area contributed by atoms with Crippen molar-refractivity contribution in [3.63, 3.8) is 0 Å². The smallest absolute Gasteiger partial charge is 0.274 e. The zero-order chi connectivity index (χ0) is 16.1. The van der Waals surface area contributed by atoms with E-state index in [-0.39, 0.29) is 11.5 Å². The molecule has 0 aromatic carbocycles. The first-order chi connectivity index (χ1) is 10.6. The Bertz CT molecular complexity index is 725. The molecule has 22 heavy (non-hydrogen) atoms. The second-order valence-electron chi connectivity index (χ2n) is 4.72. The SMILES string of the molecule is CCNC(=O)c1c(C)cc(Nc2ccncn2)c(=O)n1CC. The molecule has 2 heterocycles. The maximum absolute atomic E-state index is 12.6. The summed E-state index contributed by atoms with van der Waals surface area (Å²) in [5.41, 5.74) is 1.24. The highest BCUT2D eigenvalue weighted by molar-refractivity contribution is 5.94. The van der Waals surface area contributed by atoms with Gasteiger partial charge in [-0.15, -0.1) is 0 Å². The number of carbonyl (C=O) groups excluding carboxylic acids is 1. The lowest BCUT2D eigenvalue weighted by atomic mass is 10.1. The first-order valence-electron chi connectivity index (χ1n) is 7.14. The molecule has 0 saturated heterocycles. The minimum atomic E-state index is -0.257. The van der Waals surface area contributed by atoms with E-state index >= 15 is 0 Å². The second-order valence-corrected chi connectivity index (χ2v) is 4.72. The summed E-state index contributed by atoms with van der Waals surface area (Å²) in [7, 11) is 0. The Balaban J connectivity index is 2.49. The fourth-order valence-electron chi connectivity index (χ4n) is 2.25. The molecule has 0 unspecified atom stereocenters. The minimum absolute atomic E-state index is 0.243. The summed E-state index contributed by atoms with van der Waals surface area (Å²) < 4.78 is 1.46. The number of pyridine rings is 1. The zero-order valence-electron chi connectivity index (χ0n) is 12.9. The molecule has 2 rings (SSSR count). The Morgan fingerprint density at radius 1 is 1.36 bits per heavy atom. The van der Waals surface area contributed by atoms with Crippen molar-refractivity contribution in [2.45, 2.75) is 27.3 Å². The van der Waals surface area contributed by atoms with Gasteiger partial charge in [-0.2, -0.15) is 0 Å². The largest absolute Gasteiger partial charge is 0.351 e. The number of hydrogen-bond donors (Lipinski definition) is 2. The van der Waals surface area contributed by atoms with E-state index in [2.05, 4.69) is 20.6 Å². The summed E-state index contributed by atoms with van der Waals surface area (Å²) in [5, 5.41) is 5.70. The average Bonchev–Trinajstić information content (AvgIpc) is 2.51. The molecule has 0 aliphatic carbocycles. The molecule has 116 valence electrons. The van der Waals surface area contributed by atoms with E-state index in [9.17, 15) is 9.59 Å². The van der Waals surface area contributed by atoms with Gasteiger partial charge in [0, 0.05) is 19.3 Å². The van der Waals surface area contributed by atoms with Crippen LogP contribution in [0.4, 0.5) is 11.5 Å². The molecule has 1 amide bonds. The molecule has 0 aliphatic rings. The van der Waals surface area contributed by atoms with Crippen LogP contribution in [0.2, 0.25) is 0 Å². The van der Waals surface area contributed by atoms with Crippen LogP contribution in [0.25, 0.3) is 0 Å². The average molecular weight is 301 g/mol. The molecule has 0 aliphatic heterocycles. The number of anilines is 2. The molecule has 0 bridgehead atoms. The lowest BCUT2D eigenvalue weighted by molar-refractivity contribution is 0.0944. The first-order valence-corrected chi connectivity index (χ1v) is 7.14. The summed E-state index contributed by atoms with van der Waals surface area (Å²) in [6.07, 6.45) is 2.99. The Labute approximate surface area is 128 Å². The highest BCUT2D eigenvalue weighted by Crippen LogP contribution is 2.14. The van der Waals surface area contributed by atoms with Crippen LogP contribution in [0.5, 0.6) is 0 Å². The van der Waals surface area contributed by atoms with E-state index in [1.807, 2.05) is 13.8 Å². The number of aryl methyl sites for hydroxylation is 1.